The molecular weight excluding hydrogens is 1040 g/mol. The average molecular weight is 1170 g/mol. The van der Waals surface area contributed by atoms with Crippen molar-refractivity contribution in [2.45, 2.75) is 264 Å². The summed E-state index contributed by atoms with van der Waals surface area (Å²) in [7, 11) is 1.20. The molecule has 0 fully saturated rings. The summed E-state index contributed by atoms with van der Waals surface area (Å²) in [5.41, 5.74) is 0. The largest absolute Gasteiger partial charge is 0.756 e. The molecule has 0 aliphatic heterocycles. The van der Waals surface area contributed by atoms with E-state index in [0.29, 0.717) is 17.4 Å². The second-order valence-corrected chi connectivity index (χ2v) is 24.5. The number of hydrogen-bond acceptors (Lipinski definition) is 6. The van der Waals surface area contributed by atoms with Gasteiger partial charge in [-0.1, -0.05) is 287 Å². The van der Waals surface area contributed by atoms with Crippen LogP contribution in [-0.4, -0.2) is 68.5 Å². The second-order valence-electron chi connectivity index (χ2n) is 23.1. The molecule has 0 aromatic rings. The number of phosphoric acid groups is 1. The van der Waals surface area contributed by atoms with Crippen molar-refractivity contribution in [3.8, 4) is 0 Å². The number of amides is 1. The highest BCUT2D eigenvalue weighted by molar-refractivity contribution is 7.45. The third-order valence-corrected chi connectivity index (χ3v) is 14.9. The van der Waals surface area contributed by atoms with Crippen molar-refractivity contribution >= 4 is 13.7 Å². The molecule has 0 aromatic heterocycles. The van der Waals surface area contributed by atoms with E-state index in [0.717, 1.165) is 109 Å². The Labute approximate surface area is 511 Å². The zero-order chi connectivity index (χ0) is 60.5. The lowest BCUT2D eigenvalue weighted by molar-refractivity contribution is -0.870. The minimum Gasteiger partial charge on any atom is -0.756 e. The van der Waals surface area contributed by atoms with Crippen molar-refractivity contribution < 1.29 is 32.9 Å². The van der Waals surface area contributed by atoms with E-state index in [-0.39, 0.29) is 18.9 Å². The summed E-state index contributed by atoms with van der Waals surface area (Å²) in [5, 5.41) is 13.9. The zero-order valence-corrected chi connectivity index (χ0v) is 54.7. The van der Waals surface area contributed by atoms with Crippen LogP contribution < -0.4 is 10.2 Å². The highest BCUT2D eigenvalue weighted by atomic mass is 31.2. The maximum Gasteiger partial charge on any atom is 0.268 e. The van der Waals surface area contributed by atoms with Crippen molar-refractivity contribution in [1.29, 1.82) is 0 Å². The molecule has 0 bridgehead atoms. The van der Waals surface area contributed by atoms with E-state index >= 15 is 0 Å². The number of aliphatic hydroxyl groups excluding tert-OH is 1. The minimum atomic E-state index is -4.63. The van der Waals surface area contributed by atoms with Crippen molar-refractivity contribution in [2.75, 3.05) is 40.9 Å². The number of carbonyl (C=O) groups excluding carboxylic acids is 1. The fourth-order valence-corrected chi connectivity index (χ4v) is 9.54. The molecule has 2 N–H and O–H groups in total. The summed E-state index contributed by atoms with van der Waals surface area (Å²) in [4.78, 5) is 25.6. The monoisotopic (exact) mass is 1170 g/mol. The summed E-state index contributed by atoms with van der Waals surface area (Å²) in [6.45, 7) is 4.49. The standard InChI is InChI=1S/C74H125N2O6P/c1-6-8-10-12-14-16-18-20-22-24-26-28-30-32-33-34-35-36-37-38-39-40-41-42-43-44-46-48-50-52-54-56-58-60-62-64-66-68-74(78)75-72(71-82-83(79,80)81-70-69-76(3,4)5)73(77)67-65-63-61-59-57-55-53-51-49-47-45-31-29-27-25-23-21-19-17-15-13-11-9-7-2/h8,10,14,16,20,22,26,28,32-33,35-36,38-39,41-42,44,46,50,52,56-59,65,67,72-73,77H,6-7,9,11-13,15,17-19,21,23-25,27,29-31,34,37,40,43,45,47-49,51,53-55,60-64,66,68-71H2,1-5H3,(H-,75,78,79,80)/b10-8-,16-14-,22-20-,28-26-,33-32-,36-35-,39-38-,42-41-,46-44-,52-50-,58-56-,59-57+,67-65+. The smallest absolute Gasteiger partial charge is 0.268 e. The number of phosphoric ester groups is 1. The van der Waals surface area contributed by atoms with Gasteiger partial charge >= 0.3 is 0 Å². The van der Waals surface area contributed by atoms with Gasteiger partial charge in [-0.05, 0) is 116 Å². The maximum atomic E-state index is 13.0. The molecule has 472 valence electrons. The van der Waals surface area contributed by atoms with E-state index in [1.807, 2.05) is 27.2 Å². The van der Waals surface area contributed by atoms with Crippen LogP contribution in [0.4, 0.5) is 0 Å². The van der Waals surface area contributed by atoms with Gasteiger partial charge in [0.05, 0.1) is 39.9 Å². The molecule has 8 nitrogen and oxygen atoms in total. The summed E-state index contributed by atoms with van der Waals surface area (Å²) in [6, 6.07) is -0.935. The Morgan fingerprint density at radius 1 is 0.434 bits per heavy atom. The molecule has 0 spiro atoms. The van der Waals surface area contributed by atoms with Crippen LogP contribution in [0.25, 0.3) is 0 Å². The Balaban J connectivity index is 4.29. The maximum absolute atomic E-state index is 13.0. The SMILES string of the molecule is CC/C=C\C/C=C\C/C=C\C/C=C\C/C=C\C/C=C\C/C=C\C/C=C\C/C=C\C/C=C\C/C=C\CCCCCC(=O)NC(COP(=O)([O-])OCC[N+](C)(C)C)C(O)/C=C/CC/C=C/CCCCCCCCCCCCCCCCCCCC. The van der Waals surface area contributed by atoms with Crippen LogP contribution in [0.3, 0.4) is 0 Å². The molecule has 0 aromatic carbocycles. The normalized spacial score (nSPS) is 14.7. The highest BCUT2D eigenvalue weighted by Gasteiger charge is 2.23. The van der Waals surface area contributed by atoms with Gasteiger partial charge in [-0.15, -0.1) is 0 Å². The van der Waals surface area contributed by atoms with Crippen molar-refractivity contribution in [1.82, 2.24) is 5.32 Å². The van der Waals surface area contributed by atoms with Gasteiger partial charge in [0.2, 0.25) is 5.91 Å². The molecule has 0 saturated carbocycles. The number of hydrogen-bond donors (Lipinski definition) is 2. The zero-order valence-electron chi connectivity index (χ0n) is 53.8. The van der Waals surface area contributed by atoms with Gasteiger partial charge in [-0.3, -0.25) is 9.36 Å². The Morgan fingerprint density at radius 2 is 0.747 bits per heavy atom. The molecule has 9 heteroatoms. The quantitative estimate of drug-likeness (QED) is 0.0272. The Kier molecular flexibility index (Phi) is 59.7. The van der Waals surface area contributed by atoms with E-state index in [2.05, 4.69) is 165 Å². The number of carbonyl (C=O) groups is 1. The molecule has 0 aliphatic carbocycles. The van der Waals surface area contributed by atoms with Gasteiger partial charge in [-0.25, -0.2) is 0 Å². The molecule has 3 atom stereocenters. The Hall–Kier alpha value is -3.88. The van der Waals surface area contributed by atoms with E-state index in [1.54, 1.807) is 6.08 Å². The number of allylic oxidation sites excluding steroid dienone is 25. The number of nitrogens with one attached hydrogen (secondary N) is 1. The van der Waals surface area contributed by atoms with Crippen LogP contribution in [-0.2, 0) is 18.4 Å². The molecule has 0 saturated heterocycles. The van der Waals surface area contributed by atoms with Crippen molar-refractivity contribution in [3.63, 3.8) is 0 Å². The van der Waals surface area contributed by atoms with Gasteiger partial charge in [0.15, 0.2) is 0 Å². The third-order valence-electron chi connectivity index (χ3n) is 14.0. The van der Waals surface area contributed by atoms with Crippen LogP contribution >= 0.6 is 7.82 Å². The predicted molar refractivity (Wildman–Crippen MR) is 361 cm³/mol. The number of unbranched alkanes of at least 4 members (excludes halogenated alkanes) is 22. The predicted octanol–water partition coefficient (Wildman–Crippen LogP) is 20.7. The van der Waals surface area contributed by atoms with E-state index < -0.39 is 26.6 Å². The average Bonchev–Trinajstić information content (AvgIpc) is 3.50. The van der Waals surface area contributed by atoms with Gasteiger partial charge in [-0.2, -0.15) is 0 Å². The third kappa shape index (κ3) is 65.5. The van der Waals surface area contributed by atoms with Crippen LogP contribution in [0.2, 0.25) is 0 Å². The first-order valence-corrected chi connectivity index (χ1v) is 34.8. The number of quaternary nitrogens is 1. The molecule has 83 heavy (non-hydrogen) atoms. The van der Waals surface area contributed by atoms with Gasteiger partial charge in [0.25, 0.3) is 7.82 Å². The second kappa shape index (κ2) is 62.6. The van der Waals surface area contributed by atoms with Crippen LogP contribution in [0.15, 0.2) is 158 Å². The van der Waals surface area contributed by atoms with Gasteiger partial charge in [0.1, 0.15) is 13.2 Å². The molecule has 3 unspecified atom stereocenters. The van der Waals surface area contributed by atoms with Crippen molar-refractivity contribution in [3.05, 3.63) is 158 Å². The molecular formula is C74H125N2O6P. The fourth-order valence-electron chi connectivity index (χ4n) is 8.82. The summed E-state index contributed by atoms with van der Waals surface area (Å²) in [5.74, 6) is -0.244. The summed E-state index contributed by atoms with van der Waals surface area (Å²) < 4.78 is 23.4. The fraction of sp³-hybridized carbons (Fsp3) is 0.635. The first kappa shape index (κ1) is 79.1. The summed E-state index contributed by atoms with van der Waals surface area (Å²) >= 11 is 0. The first-order chi connectivity index (χ1) is 40.5. The molecule has 0 aliphatic rings. The Bertz CT molecular complexity index is 1910. The lowest BCUT2D eigenvalue weighted by Gasteiger charge is -2.29. The molecule has 0 radical (unpaired) electrons. The minimum absolute atomic E-state index is 0.0217. The van der Waals surface area contributed by atoms with E-state index in [9.17, 15) is 19.4 Å². The number of likely N-dealkylation sites (N-methyl/N-ethyl adjacent to an activating group) is 1. The number of aliphatic hydroxyl groups is 1. The van der Waals surface area contributed by atoms with Gasteiger partial charge < -0.3 is 28.8 Å². The first-order valence-electron chi connectivity index (χ1n) is 33.3. The number of rotatable bonds is 59. The van der Waals surface area contributed by atoms with Gasteiger partial charge in [0, 0.05) is 6.42 Å². The van der Waals surface area contributed by atoms with Crippen LogP contribution in [0.5, 0.6) is 0 Å². The lowest BCUT2D eigenvalue weighted by atomic mass is 10.0. The lowest BCUT2D eigenvalue weighted by Crippen LogP contribution is -2.45. The summed E-state index contributed by atoms with van der Waals surface area (Å²) in [6.07, 6.45) is 97.8. The van der Waals surface area contributed by atoms with Crippen molar-refractivity contribution in [2.24, 2.45) is 0 Å². The molecule has 1 amide bonds. The van der Waals surface area contributed by atoms with Crippen LogP contribution in [0, 0.1) is 0 Å². The van der Waals surface area contributed by atoms with Crippen LogP contribution in [0.1, 0.15) is 251 Å². The van der Waals surface area contributed by atoms with E-state index in [1.165, 1.54) is 116 Å². The highest BCUT2D eigenvalue weighted by Crippen LogP contribution is 2.38. The topological polar surface area (TPSA) is 108 Å². The molecule has 0 heterocycles. The Morgan fingerprint density at radius 3 is 1.12 bits per heavy atom. The van der Waals surface area contributed by atoms with E-state index in [4.69, 9.17) is 9.05 Å². The molecule has 0 rings (SSSR count). The number of nitrogens with zero attached hydrogens (tertiary/aromatic N) is 1.